The van der Waals surface area contributed by atoms with Crippen molar-refractivity contribution in [2.45, 2.75) is 17.8 Å². The zero-order valence-electron chi connectivity index (χ0n) is 9.41. The molecular formula is C12H12ClNO4. The highest BCUT2D eigenvalue weighted by Gasteiger charge is 2.37. The Hall–Kier alpha value is -1.75. The van der Waals surface area contributed by atoms with Gasteiger partial charge in [-0.05, 0) is 17.7 Å². The lowest BCUT2D eigenvalue weighted by atomic mass is 10.1. The van der Waals surface area contributed by atoms with E-state index in [0.717, 1.165) is 0 Å². The van der Waals surface area contributed by atoms with Crippen LogP contribution in [0.4, 0.5) is 0 Å². The van der Waals surface area contributed by atoms with Crippen LogP contribution in [-0.4, -0.2) is 38.9 Å². The van der Waals surface area contributed by atoms with E-state index >= 15 is 0 Å². The Morgan fingerprint density at radius 1 is 1.39 bits per heavy atom. The van der Waals surface area contributed by atoms with E-state index in [2.05, 4.69) is 0 Å². The topological polar surface area (TPSA) is 77.8 Å². The molecule has 18 heavy (non-hydrogen) atoms. The number of carboxylic acid groups (broad SMARTS) is 1. The number of aliphatic carboxylic acids is 1. The number of alkyl halides is 1. The second-order valence-electron chi connectivity index (χ2n) is 4.18. The number of phenolic OH excluding ortho intramolecular Hbond substituents is 1. The minimum Gasteiger partial charge on any atom is -0.508 e. The molecule has 0 aromatic heterocycles. The summed E-state index contributed by atoms with van der Waals surface area (Å²) < 4.78 is 0. The smallest absolute Gasteiger partial charge is 0.331 e. The molecule has 1 amide bonds. The van der Waals surface area contributed by atoms with E-state index < -0.39 is 12.0 Å². The van der Waals surface area contributed by atoms with Gasteiger partial charge in [0, 0.05) is 13.0 Å². The summed E-state index contributed by atoms with van der Waals surface area (Å²) >= 11 is 5.87. The van der Waals surface area contributed by atoms with E-state index in [1.54, 1.807) is 0 Å². The molecule has 2 N–H and O–H groups in total. The first-order valence-corrected chi connectivity index (χ1v) is 5.88. The van der Waals surface area contributed by atoms with Crippen molar-refractivity contribution in [2.24, 2.45) is 0 Å². The summed E-state index contributed by atoms with van der Waals surface area (Å²) in [6, 6.07) is 4.71. The van der Waals surface area contributed by atoms with E-state index in [-0.39, 0.29) is 30.0 Å². The third kappa shape index (κ3) is 2.41. The van der Waals surface area contributed by atoms with Crippen molar-refractivity contribution >= 4 is 23.5 Å². The van der Waals surface area contributed by atoms with E-state index in [1.807, 2.05) is 0 Å². The molecule has 0 radical (unpaired) electrons. The maximum atomic E-state index is 11.7. The number of phenols is 1. The Morgan fingerprint density at radius 2 is 2.00 bits per heavy atom. The monoisotopic (exact) mass is 269 g/mol. The summed E-state index contributed by atoms with van der Waals surface area (Å²) in [4.78, 5) is 24.3. The lowest BCUT2D eigenvalue weighted by molar-refractivity contribution is -0.148. The highest BCUT2D eigenvalue weighted by molar-refractivity contribution is 6.22. The number of carboxylic acids is 1. The maximum Gasteiger partial charge on any atom is 0.331 e. The number of hydrogen-bond acceptors (Lipinski definition) is 3. The van der Waals surface area contributed by atoms with Crippen LogP contribution >= 0.6 is 11.6 Å². The van der Waals surface area contributed by atoms with Crippen molar-refractivity contribution in [2.75, 3.05) is 6.54 Å². The number of aromatic hydroxyl groups is 1. The molecular weight excluding hydrogens is 258 g/mol. The van der Waals surface area contributed by atoms with Crippen LogP contribution in [0.25, 0.3) is 0 Å². The number of hydrogen-bond donors (Lipinski definition) is 2. The van der Waals surface area contributed by atoms with Crippen LogP contribution in [0.3, 0.4) is 0 Å². The van der Waals surface area contributed by atoms with E-state index in [1.165, 1.54) is 29.2 Å². The molecule has 1 aromatic carbocycles. The first-order chi connectivity index (χ1) is 8.49. The summed E-state index contributed by atoms with van der Waals surface area (Å²) in [5.41, 5.74) is 0.444. The molecule has 0 spiro atoms. The second kappa shape index (κ2) is 4.86. The van der Waals surface area contributed by atoms with Crippen molar-refractivity contribution in [1.29, 1.82) is 0 Å². The number of carbonyl (C=O) groups is 2. The maximum absolute atomic E-state index is 11.7. The predicted octanol–water partition coefficient (Wildman–Crippen LogP) is 1.36. The van der Waals surface area contributed by atoms with Gasteiger partial charge in [-0.1, -0.05) is 12.1 Å². The fourth-order valence-electron chi connectivity index (χ4n) is 2.05. The first kappa shape index (κ1) is 12.7. The lowest BCUT2D eigenvalue weighted by Gasteiger charge is -2.24. The highest BCUT2D eigenvalue weighted by Crippen LogP contribution is 2.29. The molecule has 1 unspecified atom stereocenters. The number of likely N-dealkylation sites (tertiary alicyclic amines) is 1. The van der Waals surface area contributed by atoms with Crippen molar-refractivity contribution in [3.8, 4) is 5.75 Å². The Bertz CT molecular complexity index is 473. The third-order valence-electron chi connectivity index (χ3n) is 2.87. The van der Waals surface area contributed by atoms with Gasteiger partial charge >= 0.3 is 5.97 Å². The van der Waals surface area contributed by atoms with Gasteiger partial charge in [-0.2, -0.15) is 0 Å². The molecule has 0 aliphatic carbocycles. The molecule has 6 heteroatoms. The zero-order valence-corrected chi connectivity index (χ0v) is 10.2. The molecule has 1 aliphatic heterocycles. The van der Waals surface area contributed by atoms with Gasteiger partial charge in [0.1, 0.15) is 5.75 Å². The Balaban J connectivity index is 2.32. The van der Waals surface area contributed by atoms with Gasteiger partial charge in [-0.15, -0.1) is 11.6 Å². The molecule has 2 rings (SSSR count). The molecule has 2 atom stereocenters. The molecule has 5 nitrogen and oxygen atoms in total. The number of halogens is 1. The van der Waals surface area contributed by atoms with Gasteiger partial charge in [0.25, 0.3) is 0 Å². The number of amides is 1. The summed E-state index contributed by atoms with van der Waals surface area (Å²) in [6.07, 6.45) is 0.156. The van der Waals surface area contributed by atoms with Crippen molar-refractivity contribution in [3.05, 3.63) is 29.8 Å². The Kier molecular flexibility index (Phi) is 3.43. The zero-order chi connectivity index (χ0) is 13.3. The summed E-state index contributed by atoms with van der Waals surface area (Å²) in [5, 5.41) is 18.1. The molecule has 1 heterocycles. The molecule has 1 fully saturated rings. The fourth-order valence-corrected chi connectivity index (χ4v) is 2.33. The normalized spacial score (nSPS) is 21.1. The Labute approximate surface area is 109 Å². The standard InChI is InChI=1S/C12H12ClNO4/c13-8-5-10(16)14(6-8)11(12(17)18)7-1-3-9(15)4-2-7/h1-4,8,11,15H,5-6H2,(H,17,18)/t8?,11-/m1/s1. The van der Waals surface area contributed by atoms with E-state index in [9.17, 15) is 19.8 Å². The number of rotatable bonds is 3. The van der Waals surface area contributed by atoms with Gasteiger partial charge in [0.15, 0.2) is 6.04 Å². The van der Waals surface area contributed by atoms with Gasteiger partial charge in [0.2, 0.25) is 5.91 Å². The highest BCUT2D eigenvalue weighted by atomic mass is 35.5. The first-order valence-electron chi connectivity index (χ1n) is 5.44. The molecule has 0 saturated carbocycles. The minimum atomic E-state index is -1.11. The van der Waals surface area contributed by atoms with Crippen LogP contribution in [0.1, 0.15) is 18.0 Å². The van der Waals surface area contributed by atoms with Gasteiger partial charge in [0.05, 0.1) is 5.38 Å². The largest absolute Gasteiger partial charge is 0.508 e. The molecule has 1 saturated heterocycles. The number of carbonyl (C=O) groups excluding carboxylic acids is 1. The fraction of sp³-hybridized carbons (Fsp3) is 0.333. The molecule has 1 aromatic rings. The summed E-state index contributed by atoms with van der Waals surface area (Å²) in [5.74, 6) is -1.33. The van der Waals surface area contributed by atoms with E-state index in [4.69, 9.17) is 11.6 Å². The van der Waals surface area contributed by atoms with Gasteiger partial charge < -0.3 is 15.1 Å². The number of nitrogens with zero attached hydrogens (tertiary/aromatic N) is 1. The quantitative estimate of drug-likeness (QED) is 0.812. The van der Waals surface area contributed by atoms with Crippen LogP contribution in [0.5, 0.6) is 5.75 Å². The van der Waals surface area contributed by atoms with Crippen molar-refractivity contribution in [1.82, 2.24) is 4.90 Å². The average Bonchev–Trinajstić information content (AvgIpc) is 2.61. The van der Waals surface area contributed by atoms with Crippen molar-refractivity contribution < 1.29 is 19.8 Å². The molecule has 96 valence electrons. The third-order valence-corrected chi connectivity index (χ3v) is 3.16. The van der Waals surface area contributed by atoms with Crippen molar-refractivity contribution in [3.63, 3.8) is 0 Å². The summed E-state index contributed by atoms with van der Waals surface area (Å²) in [6.45, 7) is 0.220. The lowest BCUT2D eigenvalue weighted by Crippen LogP contribution is -2.35. The van der Waals surface area contributed by atoms with Crippen LogP contribution in [0.2, 0.25) is 0 Å². The molecule has 0 bridgehead atoms. The predicted molar refractivity (Wildman–Crippen MR) is 64.5 cm³/mol. The Morgan fingerprint density at radius 3 is 2.44 bits per heavy atom. The molecule has 1 aliphatic rings. The van der Waals surface area contributed by atoms with E-state index in [0.29, 0.717) is 5.56 Å². The van der Waals surface area contributed by atoms with Crippen LogP contribution in [0.15, 0.2) is 24.3 Å². The average molecular weight is 270 g/mol. The van der Waals surface area contributed by atoms with Gasteiger partial charge in [-0.25, -0.2) is 4.79 Å². The number of benzene rings is 1. The van der Waals surface area contributed by atoms with Crippen LogP contribution in [-0.2, 0) is 9.59 Å². The van der Waals surface area contributed by atoms with Crippen LogP contribution in [0, 0.1) is 0 Å². The van der Waals surface area contributed by atoms with Gasteiger partial charge in [-0.3, -0.25) is 4.79 Å². The van der Waals surface area contributed by atoms with Crippen LogP contribution < -0.4 is 0 Å². The SMILES string of the molecule is O=C(O)[C@@H](c1ccc(O)cc1)N1CC(Cl)CC1=O. The minimum absolute atomic E-state index is 0.0471. The summed E-state index contributed by atoms with van der Waals surface area (Å²) in [7, 11) is 0. The second-order valence-corrected chi connectivity index (χ2v) is 4.80.